The van der Waals surface area contributed by atoms with Crippen molar-refractivity contribution in [2.75, 3.05) is 18.0 Å². The van der Waals surface area contributed by atoms with Gasteiger partial charge in [0.15, 0.2) is 0 Å². The topological polar surface area (TPSA) is 79.5 Å². The molecule has 1 atom stereocenters. The zero-order chi connectivity index (χ0) is 11.5. The van der Waals surface area contributed by atoms with Gasteiger partial charge in [-0.1, -0.05) is 0 Å². The highest BCUT2D eigenvalue weighted by Gasteiger charge is 2.22. The van der Waals surface area contributed by atoms with E-state index < -0.39 is 5.97 Å². The summed E-state index contributed by atoms with van der Waals surface area (Å²) in [4.78, 5) is 17.2. The maximum absolute atomic E-state index is 11.0. The molecule has 2 rings (SSSR count). The molecule has 0 aromatic carbocycles. The summed E-state index contributed by atoms with van der Waals surface area (Å²) < 4.78 is 0. The van der Waals surface area contributed by atoms with Crippen LogP contribution < -0.4 is 10.6 Å². The fraction of sp³-hybridized carbons (Fsp3) is 0.455. The Hall–Kier alpha value is -1.62. The first-order valence-corrected chi connectivity index (χ1v) is 5.37. The van der Waals surface area contributed by atoms with Gasteiger partial charge < -0.3 is 15.7 Å². The molecule has 0 saturated carbocycles. The van der Waals surface area contributed by atoms with Crippen molar-refractivity contribution in [3.05, 3.63) is 23.9 Å². The minimum atomic E-state index is -0.942. The molecule has 3 N–H and O–H groups in total. The molecule has 5 heteroatoms. The largest absolute Gasteiger partial charge is 0.478 e. The predicted molar refractivity (Wildman–Crippen MR) is 60.6 cm³/mol. The van der Waals surface area contributed by atoms with Gasteiger partial charge in [-0.25, -0.2) is 9.78 Å². The van der Waals surface area contributed by atoms with Gasteiger partial charge in [0.25, 0.3) is 0 Å². The minimum Gasteiger partial charge on any atom is -0.478 e. The standard InChI is InChI=1S/C11H15N3O2/c12-8-3-2-6-14(7-8)10-9(11(15)16)4-1-5-13-10/h1,4-5,8H,2-3,6-7,12H2,(H,15,16). The van der Waals surface area contributed by atoms with Gasteiger partial charge >= 0.3 is 5.97 Å². The number of carboxylic acid groups (broad SMARTS) is 1. The van der Waals surface area contributed by atoms with Gasteiger partial charge in [0.1, 0.15) is 11.4 Å². The van der Waals surface area contributed by atoms with Gasteiger partial charge in [-0.15, -0.1) is 0 Å². The maximum atomic E-state index is 11.0. The van der Waals surface area contributed by atoms with E-state index >= 15 is 0 Å². The van der Waals surface area contributed by atoms with Crippen molar-refractivity contribution in [1.82, 2.24) is 4.98 Å². The molecular weight excluding hydrogens is 206 g/mol. The lowest BCUT2D eigenvalue weighted by atomic mass is 10.1. The van der Waals surface area contributed by atoms with Crippen LogP contribution in [0, 0.1) is 0 Å². The highest BCUT2D eigenvalue weighted by Crippen LogP contribution is 2.21. The number of carbonyl (C=O) groups is 1. The fourth-order valence-electron chi connectivity index (χ4n) is 2.02. The molecule has 1 aliphatic heterocycles. The van der Waals surface area contributed by atoms with Crippen LogP contribution in [0.1, 0.15) is 23.2 Å². The Morgan fingerprint density at radius 3 is 3.12 bits per heavy atom. The summed E-state index contributed by atoms with van der Waals surface area (Å²) in [5.74, 6) is -0.410. The van der Waals surface area contributed by atoms with Crippen molar-refractivity contribution in [2.24, 2.45) is 5.73 Å². The summed E-state index contributed by atoms with van der Waals surface area (Å²) in [7, 11) is 0. The molecule has 0 amide bonds. The molecule has 0 bridgehead atoms. The highest BCUT2D eigenvalue weighted by atomic mass is 16.4. The van der Waals surface area contributed by atoms with Gasteiger partial charge in [0.05, 0.1) is 0 Å². The zero-order valence-electron chi connectivity index (χ0n) is 8.97. The molecule has 5 nitrogen and oxygen atoms in total. The third-order valence-electron chi connectivity index (χ3n) is 2.77. The molecule has 1 unspecified atom stereocenters. The van der Waals surface area contributed by atoms with Crippen LogP contribution in [0.5, 0.6) is 0 Å². The molecule has 1 aliphatic rings. The average molecular weight is 221 g/mol. The first kappa shape index (κ1) is 10.9. The van der Waals surface area contributed by atoms with Crippen LogP contribution in [0.15, 0.2) is 18.3 Å². The molecule has 0 spiro atoms. The smallest absolute Gasteiger partial charge is 0.339 e. The second-order valence-electron chi connectivity index (χ2n) is 4.03. The van der Waals surface area contributed by atoms with Crippen LogP contribution in [0.2, 0.25) is 0 Å². The van der Waals surface area contributed by atoms with Crippen molar-refractivity contribution in [2.45, 2.75) is 18.9 Å². The van der Waals surface area contributed by atoms with Crippen molar-refractivity contribution >= 4 is 11.8 Å². The SMILES string of the molecule is NC1CCCN(c2ncccc2C(=O)O)C1. The number of anilines is 1. The van der Waals surface area contributed by atoms with E-state index in [9.17, 15) is 4.79 Å². The Balaban J connectivity index is 2.28. The summed E-state index contributed by atoms with van der Waals surface area (Å²) >= 11 is 0. The van der Waals surface area contributed by atoms with E-state index in [1.165, 1.54) is 0 Å². The average Bonchev–Trinajstić information content (AvgIpc) is 2.29. The number of pyridine rings is 1. The Kier molecular flexibility index (Phi) is 3.05. The Morgan fingerprint density at radius 2 is 2.44 bits per heavy atom. The van der Waals surface area contributed by atoms with Crippen molar-refractivity contribution in [3.63, 3.8) is 0 Å². The van der Waals surface area contributed by atoms with Crippen molar-refractivity contribution < 1.29 is 9.90 Å². The lowest BCUT2D eigenvalue weighted by Gasteiger charge is -2.32. The molecule has 1 fully saturated rings. The Labute approximate surface area is 93.9 Å². The van der Waals surface area contributed by atoms with Crippen LogP contribution in [-0.2, 0) is 0 Å². The lowest BCUT2D eigenvalue weighted by Crippen LogP contribution is -2.43. The molecule has 1 aromatic rings. The number of nitrogens with two attached hydrogens (primary N) is 1. The van der Waals surface area contributed by atoms with Gasteiger partial charge in [-0.2, -0.15) is 0 Å². The second-order valence-corrected chi connectivity index (χ2v) is 4.03. The number of aromatic carboxylic acids is 1. The van der Waals surface area contributed by atoms with Crippen LogP contribution >= 0.6 is 0 Å². The second kappa shape index (κ2) is 4.49. The van der Waals surface area contributed by atoms with Crippen molar-refractivity contribution in [1.29, 1.82) is 0 Å². The number of rotatable bonds is 2. The maximum Gasteiger partial charge on any atom is 0.339 e. The fourth-order valence-corrected chi connectivity index (χ4v) is 2.02. The quantitative estimate of drug-likeness (QED) is 0.768. The normalized spacial score (nSPS) is 20.8. The predicted octanol–water partition coefficient (Wildman–Crippen LogP) is 0.707. The van der Waals surface area contributed by atoms with Gasteiger partial charge in [0.2, 0.25) is 0 Å². The molecule has 1 saturated heterocycles. The van der Waals surface area contributed by atoms with Gasteiger partial charge in [-0.3, -0.25) is 0 Å². The number of carboxylic acids is 1. The van der Waals surface area contributed by atoms with Crippen molar-refractivity contribution in [3.8, 4) is 0 Å². The van der Waals surface area contributed by atoms with E-state index in [2.05, 4.69) is 4.98 Å². The van der Waals surface area contributed by atoms with Crippen LogP contribution in [-0.4, -0.2) is 35.2 Å². The van der Waals surface area contributed by atoms with E-state index in [-0.39, 0.29) is 11.6 Å². The summed E-state index contributed by atoms with van der Waals surface area (Å²) in [6.07, 6.45) is 3.59. The molecule has 16 heavy (non-hydrogen) atoms. The molecular formula is C11H15N3O2. The lowest BCUT2D eigenvalue weighted by molar-refractivity contribution is 0.0697. The number of piperidine rings is 1. The summed E-state index contributed by atoms with van der Waals surface area (Å²) in [6, 6.07) is 3.32. The first-order valence-electron chi connectivity index (χ1n) is 5.37. The minimum absolute atomic E-state index is 0.109. The van der Waals surface area contributed by atoms with Crippen LogP contribution in [0.3, 0.4) is 0 Å². The van der Waals surface area contributed by atoms with Gasteiger partial charge in [0, 0.05) is 25.3 Å². The Morgan fingerprint density at radius 1 is 1.62 bits per heavy atom. The monoisotopic (exact) mass is 221 g/mol. The number of aromatic nitrogens is 1. The van der Waals surface area contributed by atoms with E-state index in [1.807, 2.05) is 4.90 Å². The number of nitrogens with zero attached hydrogens (tertiary/aromatic N) is 2. The van der Waals surface area contributed by atoms with Gasteiger partial charge in [-0.05, 0) is 25.0 Å². The number of hydrogen-bond acceptors (Lipinski definition) is 4. The summed E-state index contributed by atoms with van der Waals surface area (Å²) in [6.45, 7) is 1.50. The third-order valence-corrected chi connectivity index (χ3v) is 2.77. The zero-order valence-corrected chi connectivity index (χ0v) is 8.97. The van der Waals surface area contributed by atoms with E-state index in [4.69, 9.17) is 10.8 Å². The molecule has 2 heterocycles. The third kappa shape index (κ3) is 2.14. The number of hydrogen-bond donors (Lipinski definition) is 2. The summed E-state index contributed by atoms with van der Waals surface area (Å²) in [5, 5.41) is 9.06. The highest BCUT2D eigenvalue weighted by molar-refractivity contribution is 5.93. The van der Waals surface area contributed by atoms with E-state index in [1.54, 1.807) is 18.3 Å². The first-order chi connectivity index (χ1) is 7.68. The summed E-state index contributed by atoms with van der Waals surface area (Å²) in [5.41, 5.74) is 6.12. The van der Waals surface area contributed by atoms with E-state index in [0.717, 1.165) is 19.4 Å². The van der Waals surface area contributed by atoms with E-state index in [0.29, 0.717) is 12.4 Å². The molecule has 86 valence electrons. The molecule has 1 aromatic heterocycles. The van der Waals surface area contributed by atoms with Crippen LogP contribution in [0.25, 0.3) is 0 Å². The molecule has 0 aliphatic carbocycles. The van der Waals surface area contributed by atoms with Crippen LogP contribution in [0.4, 0.5) is 5.82 Å². The Bertz CT molecular complexity index is 395. The molecule has 0 radical (unpaired) electrons.